The van der Waals surface area contributed by atoms with Gasteiger partial charge in [0.05, 0.1) is 18.8 Å². The number of carbonyl (C=O) groups excluding carboxylic acids is 1. The number of carbonyl (C=O) groups is 1. The van der Waals surface area contributed by atoms with Crippen LogP contribution in [0.4, 0.5) is 5.69 Å². The van der Waals surface area contributed by atoms with Crippen LogP contribution >= 0.6 is 11.6 Å². The van der Waals surface area contributed by atoms with Crippen molar-refractivity contribution in [1.29, 1.82) is 0 Å². The average Bonchev–Trinajstić information content (AvgIpc) is 3.32. The second-order valence-electron chi connectivity index (χ2n) is 9.78. The molecule has 1 fully saturated rings. The van der Waals surface area contributed by atoms with Gasteiger partial charge >= 0.3 is 0 Å². The molecule has 8 heteroatoms. The fourth-order valence-electron chi connectivity index (χ4n) is 5.28. The Morgan fingerprint density at radius 2 is 1.86 bits per heavy atom. The zero-order valence-electron chi connectivity index (χ0n) is 21.7. The van der Waals surface area contributed by atoms with Crippen LogP contribution in [0.25, 0.3) is 0 Å². The van der Waals surface area contributed by atoms with Gasteiger partial charge in [-0.3, -0.25) is 9.78 Å². The molecule has 0 bridgehead atoms. The first-order valence-electron chi connectivity index (χ1n) is 12.8. The minimum atomic E-state index is -0.143. The van der Waals surface area contributed by atoms with Gasteiger partial charge in [-0.15, -0.1) is 0 Å². The molecule has 2 aromatic heterocycles. The smallest absolute Gasteiger partial charge is 0.252 e. The summed E-state index contributed by atoms with van der Waals surface area (Å²) < 4.78 is 2.00. The number of anilines is 1. The number of aromatic nitrogens is 3. The van der Waals surface area contributed by atoms with E-state index in [1.54, 1.807) is 18.5 Å². The van der Waals surface area contributed by atoms with Crippen molar-refractivity contribution < 1.29 is 4.79 Å². The molecule has 36 heavy (non-hydrogen) atoms. The molecule has 1 aromatic carbocycles. The minimum Gasteiger partial charge on any atom is -0.369 e. The summed E-state index contributed by atoms with van der Waals surface area (Å²) in [6.45, 7) is 6.01. The van der Waals surface area contributed by atoms with Gasteiger partial charge in [-0.05, 0) is 83.5 Å². The van der Waals surface area contributed by atoms with Gasteiger partial charge in [-0.2, -0.15) is 0 Å². The average molecular weight is 509 g/mol. The van der Waals surface area contributed by atoms with E-state index in [1.807, 2.05) is 42.0 Å². The molecule has 1 aliphatic rings. The van der Waals surface area contributed by atoms with Crippen LogP contribution in [0.15, 0.2) is 48.9 Å². The lowest BCUT2D eigenvalue weighted by atomic mass is 9.89. The largest absolute Gasteiger partial charge is 0.369 e. The molecule has 1 amide bonds. The Kier molecular flexibility index (Phi) is 8.64. The van der Waals surface area contributed by atoms with Gasteiger partial charge in [0, 0.05) is 53.5 Å². The van der Waals surface area contributed by atoms with Gasteiger partial charge in [-0.25, -0.2) is 4.98 Å². The molecular formula is C28H37ClN6O. The number of imidazole rings is 1. The maximum atomic E-state index is 13.3. The highest BCUT2D eigenvalue weighted by Gasteiger charge is 2.28. The molecule has 0 aliphatic heterocycles. The maximum Gasteiger partial charge on any atom is 0.252 e. The molecule has 3 aromatic rings. The van der Waals surface area contributed by atoms with Gasteiger partial charge < -0.3 is 19.7 Å². The van der Waals surface area contributed by atoms with E-state index >= 15 is 0 Å². The SMILES string of the molecule is CCN(c1cc(Cl)cc(C(=O)NCc2nccn2Cc2ccccn2)c1C)C1CCC(N(C)C)CC1. The van der Waals surface area contributed by atoms with E-state index in [-0.39, 0.29) is 5.91 Å². The number of nitrogens with zero attached hydrogens (tertiary/aromatic N) is 5. The molecule has 0 radical (unpaired) electrons. The second-order valence-corrected chi connectivity index (χ2v) is 10.2. The normalized spacial score (nSPS) is 17.8. The van der Waals surface area contributed by atoms with Crippen LogP contribution in [-0.2, 0) is 13.1 Å². The van der Waals surface area contributed by atoms with Crippen LogP contribution in [0.1, 0.15) is 60.0 Å². The number of nitrogens with one attached hydrogen (secondary N) is 1. The van der Waals surface area contributed by atoms with Gasteiger partial charge in [0.1, 0.15) is 5.82 Å². The minimum absolute atomic E-state index is 0.143. The van der Waals surface area contributed by atoms with Crippen LogP contribution in [0, 0.1) is 6.92 Å². The number of halogens is 1. The highest BCUT2D eigenvalue weighted by atomic mass is 35.5. The highest BCUT2D eigenvalue weighted by Crippen LogP contribution is 2.34. The van der Waals surface area contributed by atoms with Crippen molar-refractivity contribution >= 4 is 23.2 Å². The van der Waals surface area contributed by atoms with Gasteiger partial charge in [0.25, 0.3) is 5.91 Å². The van der Waals surface area contributed by atoms with Crippen LogP contribution in [0.5, 0.6) is 0 Å². The first kappa shape index (κ1) is 26.2. The molecule has 1 N–H and O–H groups in total. The van der Waals surface area contributed by atoms with Crippen molar-refractivity contribution in [2.24, 2.45) is 0 Å². The number of amides is 1. The quantitative estimate of drug-likeness (QED) is 0.444. The van der Waals surface area contributed by atoms with E-state index in [0.29, 0.717) is 35.8 Å². The molecule has 4 rings (SSSR count). The zero-order valence-corrected chi connectivity index (χ0v) is 22.5. The fourth-order valence-corrected chi connectivity index (χ4v) is 5.49. The number of benzene rings is 1. The van der Waals surface area contributed by atoms with Crippen LogP contribution in [-0.4, -0.2) is 58.1 Å². The third-order valence-corrected chi connectivity index (χ3v) is 7.56. The second kappa shape index (κ2) is 11.9. The van der Waals surface area contributed by atoms with E-state index < -0.39 is 0 Å². The summed E-state index contributed by atoms with van der Waals surface area (Å²) in [4.78, 5) is 26.9. The van der Waals surface area contributed by atoms with Crippen LogP contribution in [0.2, 0.25) is 5.02 Å². The van der Waals surface area contributed by atoms with Gasteiger partial charge in [0.15, 0.2) is 0 Å². The lowest BCUT2D eigenvalue weighted by molar-refractivity contribution is 0.0949. The monoisotopic (exact) mass is 508 g/mol. The number of rotatable bonds is 9. The molecule has 2 heterocycles. The Balaban J connectivity index is 1.47. The number of hydrogen-bond acceptors (Lipinski definition) is 5. The fraction of sp³-hybridized carbons (Fsp3) is 0.464. The number of hydrogen-bond donors (Lipinski definition) is 1. The third kappa shape index (κ3) is 6.08. The maximum absolute atomic E-state index is 13.3. The molecule has 1 saturated carbocycles. The topological polar surface area (TPSA) is 66.3 Å². The summed E-state index contributed by atoms with van der Waals surface area (Å²) in [6, 6.07) is 10.7. The Labute approximate surface area is 219 Å². The Hall–Kier alpha value is -2.90. The van der Waals surface area contributed by atoms with Gasteiger partial charge in [-0.1, -0.05) is 17.7 Å². The summed E-state index contributed by atoms with van der Waals surface area (Å²) in [7, 11) is 4.33. The van der Waals surface area contributed by atoms with Crippen molar-refractivity contribution in [2.45, 2.75) is 64.7 Å². The van der Waals surface area contributed by atoms with Gasteiger partial charge in [0.2, 0.25) is 0 Å². The van der Waals surface area contributed by atoms with Crippen LogP contribution in [0.3, 0.4) is 0 Å². The van der Waals surface area contributed by atoms with E-state index in [0.717, 1.165) is 42.2 Å². The molecule has 0 atom stereocenters. The molecule has 0 unspecified atom stereocenters. The summed E-state index contributed by atoms with van der Waals surface area (Å²) >= 11 is 6.55. The molecule has 0 saturated heterocycles. The van der Waals surface area contributed by atoms with Crippen molar-refractivity contribution in [3.05, 3.63) is 76.6 Å². The lowest BCUT2D eigenvalue weighted by Gasteiger charge is -2.40. The number of pyridine rings is 1. The molecule has 192 valence electrons. The van der Waals surface area contributed by atoms with Crippen molar-refractivity contribution in [3.8, 4) is 0 Å². The van der Waals surface area contributed by atoms with E-state index in [9.17, 15) is 4.79 Å². The highest BCUT2D eigenvalue weighted by molar-refractivity contribution is 6.31. The molecule has 0 spiro atoms. The molecular weight excluding hydrogens is 472 g/mol. The summed E-state index contributed by atoms with van der Waals surface area (Å²) in [5, 5.41) is 3.63. The predicted molar refractivity (Wildman–Crippen MR) is 146 cm³/mol. The van der Waals surface area contributed by atoms with Crippen molar-refractivity contribution in [1.82, 2.24) is 24.8 Å². The van der Waals surface area contributed by atoms with Crippen molar-refractivity contribution in [2.75, 3.05) is 25.5 Å². The van der Waals surface area contributed by atoms with E-state index in [4.69, 9.17) is 11.6 Å². The molecule has 1 aliphatic carbocycles. The summed E-state index contributed by atoms with van der Waals surface area (Å²) in [5.74, 6) is 0.637. The summed E-state index contributed by atoms with van der Waals surface area (Å²) in [5.41, 5.74) is 3.57. The zero-order chi connectivity index (χ0) is 25.7. The Morgan fingerprint density at radius 3 is 2.53 bits per heavy atom. The first-order valence-corrected chi connectivity index (χ1v) is 13.2. The third-order valence-electron chi connectivity index (χ3n) is 7.34. The Morgan fingerprint density at radius 1 is 1.11 bits per heavy atom. The molecule has 7 nitrogen and oxygen atoms in total. The lowest BCUT2D eigenvalue weighted by Crippen LogP contribution is -2.42. The van der Waals surface area contributed by atoms with E-state index in [1.165, 1.54) is 12.8 Å². The first-order chi connectivity index (χ1) is 17.4. The standard InChI is InChI=1S/C28H37ClN6O/c1-5-35(24-11-9-23(10-12-24)33(3)4)26-17-21(29)16-25(20(26)2)28(36)32-18-27-31-14-15-34(27)19-22-8-6-7-13-30-22/h6-8,13-17,23-24H,5,9-12,18-19H2,1-4H3,(H,32,36). The predicted octanol–water partition coefficient (Wildman–Crippen LogP) is 4.92. The van der Waals surface area contributed by atoms with E-state index in [2.05, 4.69) is 46.1 Å². The summed E-state index contributed by atoms with van der Waals surface area (Å²) in [6.07, 6.45) is 10.1. The van der Waals surface area contributed by atoms with Crippen LogP contribution < -0.4 is 10.2 Å². The van der Waals surface area contributed by atoms with Crippen molar-refractivity contribution in [3.63, 3.8) is 0 Å². The Bertz CT molecular complexity index is 1150.